The van der Waals surface area contributed by atoms with Crippen LogP contribution >= 0.6 is 11.6 Å². The van der Waals surface area contributed by atoms with E-state index in [4.69, 9.17) is 16.7 Å². The van der Waals surface area contributed by atoms with Crippen LogP contribution in [0.3, 0.4) is 0 Å². The number of aliphatic hydroxyl groups is 1. The molecule has 0 bridgehead atoms. The van der Waals surface area contributed by atoms with E-state index in [1.165, 1.54) is 0 Å². The Morgan fingerprint density at radius 1 is 1.31 bits per heavy atom. The summed E-state index contributed by atoms with van der Waals surface area (Å²) in [5.74, 6) is 0.314. The lowest BCUT2D eigenvalue weighted by molar-refractivity contribution is 0.230. The van der Waals surface area contributed by atoms with E-state index in [1.807, 2.05) is 30.3 Å². The summed E-state index contributed by atoms with van der Waals surface area (Å²) < 4.78 is 1.59. The number of aliphatic hydroxyl groups excluding tert-OH is 1. The summed E-state index contributed by atoms with van der Waals surface area (Å²) in [6.45, 7) is -0.0406. The minimum atomic E-state index is -0.216. The van der Waals surface area contributed by atoms with Gasteiger partial charge in [-0.3, -0.25) is 0 Å². The third-order valence-electron chi connectivity index (χ3n) is 2.34. The zero-order chi connectivity index (χ0) is 11.4. The van der Waals surface area contributed by atoms with Crippen LogP contribution in [0, 0.1) is 0 Å². The standard InChI is InChI=1S/C11H12ClN3O/c12-6-10(8-16)15-7-11(13-14-15)9-4-2-1-3-5-9/h1-5,7,10,16H,6,8H2. The Morgan fingerprint density at radius 3 is 2.69 bits per heavy atom. The summed E-state index contributed by atoms with van der Waals surface area (Å²) in [6, 6.07) is 9.54. The number of halogens is 1. The SMILES string of the molecule is OCC(CCl)n1cc(-c2ccccc2)nn1. The Bertz CT molecular complexity index is 440. The molecule has 0 saturated heterocycles. The van der Waals surface area contributed by atoms with E-state index in [9.17, 15) is 0 Å². The molecule has 0 saturated carbocycles. The van der Waals surface area contributed by atoms with Gasteiger partial charge in [-0.25, -0.2) is 4.68 Å². The molecule has 1 aromatic carbocycles. The molecule has 1 heterocycles. The van der Waals surface area contributed by atoms with Crippen LogP contribution in [-0.4, -0.2) is 32.6 Å². The van der Waals surface area contributed by atoms with Gasteiger partial charge in [0, 0.05) is 11.4 Å². The van der Waals surface area contributed by atoms with Gasteiger partial charge in [-0.1, -0.05) is 35.5 Å². The van der Waals surface area contributed by atoms with Crippen LogP contribution in [0.4, 0.5) is 0 Å². The van der Waals surface area contributed by atoms with Crippen molar-refractivity contribution in [2.45, 2.75) is 6.04 Å². The minimum Gasteiger partial charge on any atom is -0.394 e. The maximum absolute atomic E-state index is 9.09. The Balaban J connectivity index is 2.26. The van der Waals surface area contributed by atoms with Crippen LogP contribution in [-0.2, 0) is 0 Å². The van der Waals surface area contributed by atoms with E-state index < -0.39 is 0 Å². The molecule has 16 heavy (non-hydrogen) atoms. The zero-order valence-corrected chi connectivity index (χ0v) is 9.38. The fraction of sp³-hybridized carbons (Fsp3) is 0.273. The lowest BCUT2D eigenvalue weighted by atomic mass is 10.2. The first-order chi connectivity index (χ1) is 7.85. The van der Waals surface area contributed by atoms with Crippen molar-refractivity contribution >= 4 is 11.6 Å². The number of hydrogen-bond donors (Lipinski definition) is 1. The van der Waals surface area contributed by atoms with E-state index in [0.29, 0.717) is 5.88 Å². The maximum atomic E-state index is 9.09. The molecule has 0 aliphatic rings. The molecule has 84 valence electrons. The lowest BCUT2D eigenvalue weighted by Gasteiger charge is -2.08. The van der Waals surface area contributed by atoms with Crippen LogP contribution in [0.1, 0.15) is 6.04 Å². The predicted molar refractivity (Wildman–Crippen MR) is 62.3 cm³/mol. The molecule has 1 N–H and O–H groups in total. The Labute approximate surface area is 98.5 Å². The van der Waals surface area contributed by atoms with Gasteiger partial charge in [0.15, 0.2) is 0 Å². The average molecular weight is 238 g/mol. The van der Waals surface area contributed by atoms with Gasteiger partial charge < -0.3 is 5.11 Å². The molecule has 0 amide bonds. The molecule has 1 atom stereocenters. The number of hydrogen-bond acceptors (Lipinski definition) is 3. The second-order valence-corrected chi connectivity index (χ2v) is 3.75. The van der Waals surface area contributed by atoms with E-state index in [1.54, 1.807) is 10.9 Å². The second-order valence-electron chi connectivity index (χ2n) is 3.44. The molecule has 0 aliphatic carbocycles. The van der Waals surface area contributed by atoms with Crippen molar-refractivity contribution in [3.8, 4) is 11.3 Å². The highest BCUT2D eigenvalue weighted by molar-refractivity contribution is 6.18. The summed E-state index contributed by atoms with van der Waals surface area (Å²) in [5, 5.41) is 17.1. The molecular formula is C11H12ClN3O. The van der Waals surface area contributed by atoms with Crippen LogP contribution in [0.25, 0.3) is 11.3 Å². The van der Waals surface area contributed by atoms with Crippen molar-refractivity contribution in [3.63, 3.8) is 0 Å². The van der Waals surface area contributed by atoms with Gasteiger partial charge in [-0.05, 0) is 0 Å². The van der Waals surface area contributed by atoms with E-state index in [2.05, 4.69) is 10.3 Å². The van der Waals surface area contributed by atoms with Crippen molar-refractivity contribution in [2.75, 3.05) is 12.5 Å². The number of rotatable bonds is 4. The largest absolute Gasteiger partial charge is 0.394 e. The monoisotopic (exact) mass is 237 g/mol. The summed E-state index contributed by atoms with van der Waals surface area (Å²) in [7, 11) is 0. The molecule has 1 aromatic heterocycles. The average Bonchev–Trinajstić information content (AvgIpc) is 2.81. The molecule has 0 radical (unpaired) electrons. The molecule has 2 rings (SSSR count). The molecular weight excluding hydrogens is 226 g/mol. The Hall–Kier alpha value is -1.39. The summed E-state index contributed by atoms with van der Waals surface area (Å²) >= 11 is 5.71. The Morgan fingerprint density at radius 2 is 2.06 bits per heavy atom. The first-order valence-electron chi connectivity index (χ1n) is 4.99. The highest BCUT2D eigenvalue weighted by Crippen LogP contribution is 2.17. The quantitative estimate of drug-likeness (QED) is 0.824. The van der Waals surface area contributed by atoms with Crippen LogP contribution in [0.15, 0.2) is 36.5 Å². The van der Waals surface area contributed by atoms with Gasteiger partial charge in [0.1, 0.15) is 5.69 Å². The third kappa shape index (κ3) is 2.23. The van der Waals surface area contributed by atoms with Gasteiger partial charge >= 0.3 is 0 Å². The normalized spacial score (nSPS) is 12.6. The van der Waals surface area contributed by atoms with Gasteiger partial charge in [-0.15, -0.1) is 16.7 Å². The van der Waals surface area contributed by atoms with Gasteiger partial charge in [0.05, 0.1) is 18.8 Å². The van der Waals surface area contributed by atoms with E-state index >= 15 is 0 Å². The van der Waals surface area contributed by atoms with Gasteiger partial charge in [0.2, 0.25) is 0 Å². The van der Waals surface area contributed by atoms with Crippen molar-refractivity contribution in [1.29, 1.82) is 0 Å². The minimum absolute atomic E-state index is 0.0406. The zero-order valence-electron chi connectivity index (χ0n) is 8.62. The fourth-order valence-electron chi connectivity index (χ4n) is 1.40. The van der Waals surface area contributed by atoms with Crippen LogP contribution in [0.5, 0.6) is 0 Å². The second kappa shape index (κ2) is 5.09. The predicted octanol–water partition coefficient (Wildman–Crippen LogP) is 1.72. The van der Waals surface area contributed by atoms with Crippen molar-refractivity contribution in [1.82, 2.24) is 15.0 Å². The van der Waals surface area contributed by atoms with Gasteiger partial charge in [-0.2, -0.15) is 0 Å². The summed E-state index contributed by atoms with van der Waals surface area (Å²) in [4.78, 5) is 0. The lowest BCUT2D eigenvalue weighted by Crippen LogP contribution is -2.15. The van der Waals surface area contributed by atoms with E-state index in [-0.39, 0.29) is 12.6 Å². The van der Waals surface area contributed by atoms with Crippen molar-refractivity contribution < 1.29 is 5.11 Å². The fourth-order valence-corrected chi connectivity index (χ4v) is 1.64. The number of alkyl halides is 1. The first kappa shape index (κ1) is 11.1. The van der Waals surface area contributed by atoms with Gasteiger partial charge in [0.25, 0.3) is 0 Å². The number of nitrogens with zero attached hydrogens (tertiary/aromatic N) is 3. The third-order valence-corrected chi connectivity index (χ3v) is 2.70. The highest BCUT2D eigenvalue weighted by atomic mass is 35.5. The maximum Gasteiger partial charge on any atom is 0.113 e. The molecule has 4 nitrogen and oxygen atoms in total. The molecule has 2 aromatic rings. The smallest absolute Gasteiger partial charge is 0.113 e. The highest BCUT2D eigenvalue weighted by Gasteiger charge is 2.11. The molecule has 1 unspecified atom stereocenters. The van der Waals surface area contributed by atoms with Crippen molar-refractivity contribution in [3.05, 3.63) is 36.5 Å². The van der Waals surface area contributed by atoms with Crippen LogP contribution in [0.2, 0.25) is 0 Å². The van der Waals surface area contributed by atoms with E-state index in [0.717, 1.165) is 11.3 Å². The Kier molecular flexibility index (Phi) is 3.54. The van der Waals surface area contributed by atoms with Crippen molar-refractivity contribution in [2.24, 2.45) is 0 Å². The van der Waals surface area contributed by atoms with Crippen LogP contribution < -0.4 is 0 Å². The molecule has 0 fully saturated rings. The molecule has 0 aliphatic heterocycles. The first-order valence-corrected chi connectivity index (χ1v) is 5.52. The topological polar surface area (TPSA) is 50.9 Å². The summed E-state index contributed by atoms with van der Waals surface area (Å²) in [5.41, 5.74) is 1.78. The molecule has 5 heteroatoms. The summed E-state index contributed by atoms with van der Waals surface area (Å²) in [6.07, 6.45) is 1.79. The number of benzene rings is 1. The molecule has 0 spiro atoms. The number of aromatic nitrogens is 3.